The van der Waals surface area contributed by atoms with E-state index in [9.17, 15) is 9.59 Å². The van der Waals surface area contributed by atoms with Crippen LogP contribution in [0.4, 0.5) is 0 Å². The highest BCUT2D eigenvalue weighted by Gasteiger charge is 2.46. The number of benzene rings is 2. The molecule has 3 heterocycles. The number of rotatable bonds is 4. The van der Waals surface area contributed by atoms with E-state index in [0.717, 1.165) is 35.9 Å². The summed E-state index contributed by atoms with van der Waals surface area (Å²) in [7, 11) is 1.95. The minimum atomic E-state index is -1.01. The van der Waals surface area contributed by atoms with Crippen molar-refractivity contribution in [1.29, 1.82) is 0 Å². The number of hydrogen-bond donors (Lipinski definition) is 0. The van der Waals surface area contributed by atoms with Crippen LogP contribution >= 0.6 is 11.6 Å². The van der Waals surface area contributed by atoms with Gasteiger partial charge in [0.25, 0.3) is 11.8 Å². The first kappa shape index (κ1) is 23.7. The van der Waals surface area contributed by atoms with E-state index in [1.165, 1.54) is 0 Å². The van der Waals surface area contributed by atoms with Crippen LogP contribution in [0.3, 0.4) is 0 Å². The van der Waals surface area contributed by atoms with Crippen molar-refractivity contribution in [2.75, 3.05) is 26.2 Å². The molecule has 0 saturated carbocycles. The third kappa shape index (κ3) is 4.40. The Bertz CT molecular complexity index is 1270. The lowest BCUT2D eigenvalue weighted by Gasteiger charge is -2.39. The Morgan fingerprint density at radius 1 is 0.943 bits per heavy atom. The van der Waals surface area contributed by atoms with E-state index in [0.29, 0.717) is 37.0 Å². The number of hydrogen-bond acceptors (Lipinski definition) is 3. The topological polar surface area (TPSA) is 54.8 Å². The minimum absolute atomic E-state index is 0.0247. The molecule has 0 atom stereocenters. The van der Waals surface area contributed by atoms with Crippen LogP contribution in [0.15, 0.2) is 54.6 Å². The van der Waals surface area contributed by atoms with Gasteiger partial charge in [-0.25, -0.2) is 0 Å². The van der Waals surface area contributed by atoms with Crippen molar-refractivity contribution in [2.45, 2.75) is 38.7 Å². The predicted molar refractivity (Wildman–Crippen MR) is 138 cm³/mol. The Hall–Kier alpha value is -2.99. The van der Waals surface area contributed by atoms with Crippen LogP contribution in [-0.2, 0) is 11.8 Å². The van der Waals surface area contributed by atoms with Gasteiger partial charge in [-0.1, -0.05) is 41.9 Å². The van der Waals surface area contributed by atoms with Gasteiger partial charge in [-0.05, 0) is 62.8 Å². The summed E-state index contributed by atoms with van der Waals surface area (Å²) in [6.07, 6.45) is 2.76. The molecule has 184 valence electrons. The van der Waals surface area contributed by atoms with Gasteiger partial charge < -0.3 is 19.1 Å². The van der Waals surface area contributed by atoms with E-state index in [2.05, 4.69) is 0 Å². The summed E-state index contributed by atoms with van der Waals surface area (Å²) in [5.74, 6) is 0.573. The normalized spacial score (nSPS) is 17.8. The average molecular weight is 494 g/mol. The van der Waals surface area contributed by atoms with Crippen molar-refractivity contribution < 1.29 is 14.3 Å². The lowest BCUT2D eigenvalue weighted by molar-refractivity contribution is -0.144. The van der Waals surface area contributed by atoms with E-state index in [-0.39, 0.29) is 17.2 Å². The molecule has 7 heteroatoms. The highest BCUT2D eigenvalue weighted by atomic mass is 35.5. The Balaban J connectivity index is 1.22. The first-order chi connectivity index (χ1) is 16.7. The molecule has 3 aromatic rings. The summed E-state index contributed by atoms with van der Waals surface area (Å²) in [5, 5.41) is 1.58. The number of carbonyl (C=O) groups excluding carboxylic acids is 2. The van der Waals surface area contributed by atoms with Crippen molar-refractivity contribution in [3.05, 3.63) is 65.3 Å². The van der Waals surface area contributed by atoms with Crippen LogP contribution in [0.5, 0.6) is 5.75 Å². The van der Waals surface area contributed by atoms with Crippen molar-refractivity contribution in [1.82, 2.24) is 14.4 Å². The molecule has 2 saturated heterocycles. The van der Waals surface area contributed by atoms with Gasteiger partial charge in [-0.3, -0.25) is 9.59 Å². The molecule has 1 aromatic heterocycles. The number of fused-ring (bicyclic) bond motifs is 1. The van der Waals surface area contributed by atoms with Crippen molar-refractivity contribution in [3.63, 3.8) is 0 Å². The predicted octanol–water partition coefficient (Wildman–Crippen LogP) is 5.14. The van der Waals surface area contributed by atoms with Crippen LogP contribution < -0.4 is 4.74 Å². The lowest BCUT2D eigenvalue weighted by Crippen LogP contribution is -2.50. The number of aromatic nitrogens is 1. The van der Waals surface area contributed by atoms with Crippen molar-refractivity contribution in [2.24, 2.45) is 12.5 Å². The fourth-order valence-corrected chi connectivity index (χ4v) is 5.76. The summed E-state index contributed by atoms with van der Waals surface area (Å²) >= 11 is 6.24. The maximum atomic E-state index is 13.4. The number of halogens is 1. The van der Waals surface area contributed by atoms with Gasteiger partial charge in [-0.15, -0.1) is 0 Å². The molecule has 0 N–H and O–H groups in total. The fourth-order valence-electron chi connectivity index (χ4n) is 5.58. The molecule has 35 heavy (non-hydrogen) atoms. The monoisotopic (exact) mass is 493 g/mol. The third-order valence-corrected chi connectivity index (χ3v) is 8.04. The van der Waals surface area contributed by atoms with Crippen LogP contribution in [0.1, 0.15) is 43.6 Å². The second-order valence-electron chi connectivity index (χ2n) is 10.5. The Morgan fingerprint density at radius 2 is 1.57 bits per heavy atom. The van der Waals surface area contributed by atoms with E-state index in [1.807, 2.05) is 63.9 Å². The van der Waals surface area contributed by atoms with Gasteiger partial charge in [0.2, 0.25) is 0 Å². The SMILES string of the molecule is Cn1c(C(=O)N2CCC3(CC2)CCN(C(=O)C(C)(C)Oc2ccccc2Cl)C3)cc2ccccc21. The number of piperidine rings is 1. The molecule has 0 aliphatic carbocycles. The van der Waals surface area contributed by atoms with E-state index >= 15 is 0 Å². The number of para-hydroxylation sites is 2. The van der Waals surface area contributed by atoms with Crippen LogP contribution in [0, 0.1) is 5.41 Å². The number of carbonyl (C=O) groups is 2. The smallest absolute Gasteiger partial charge is 0.270 e. The second-order valence-corrected chi connectivity index (χ2v) is 10.9. The van der Waals surface area contributed by atoms with Gasteiger partial charge >= 0.3 is 0 Å². The summed E-state index contributed by atoms with van der Waals surface area (Å²) in [5.41, 5.74) is 0.841. The second kappa shape index (κ2) is 8.90. The van der Waals surface area contributed by atoms with Crippen LogP contribution in [-0.4, -0.2) is 58.0 Å². The first-order valence-corrected chi connectivity index (χ1v) is 12.6. The van der Waals surface area contributed by atoms with E-state index < -0.39 is 5.60 Å². The van der Waals surface area contributed by atoms with Gasteiger partial charge in [0.15, 0.2) is 5.60 Å². The molecule has 0 unspecified atom stereocenters. The van der Waals surface area contributed by atoms with Gasteiger partial charge in [0.1, 0.15) is 11.4 Å². The number of amides is 2. The summed E-state index contributed by atoms with van der Waals surface area (Å²) in [6.45, 7) is 6.44. The average Bonchev–Trinajstić information content (AvgIpc) is 3.41. The molecule has 0 radical (unpaired) electrons. The number of nitrogens with zero attached hydrogens (tertiary/aromatic N) is 3. The Morgan fingerprint density at radius 3 is 2.26 bits per heavy atom. The van der Waals surface area contributed by atoms with Gasteiger partial charge in [0, 0.05) is 44.1 Å². The molecule has 6 nitrogen and oxygen atoms in total. The first-order valence-electron chi connectivity index (χ1n) is 12.3. The molecular formula is C28H32ClN3O3. The van der Waals surface area contributed by atoms with Crippen LogP contribution in [0.2, 0.25) is 5.02 Å². The molecule has 2 aliphatic rings. The highest BCUT2D eigenvalue weighted by molar-refractivity contribution is 6.32. The number of aryl methyl sites for hydroxylation is 1. The molecule has 2 aromatic carbocycles. The van der Waals surface area contributed by atoms with Crippen molar-refractivity contribution >= 4 is 34.3 Å². The molecule has 2 aliphatic heterocycles. The molecule has 1 spiro atoms. The van der Waals surface area contributed by atoms with Gasteiger partial charge in [0.05, 0.1) is 5.02 Å². The minimum Gasteiger partial charge on any atom is -0.476 e. The molecule has 0 bridgehead atoms. The van der Waals surface area contributed by atoms with E-state index in [1.54, 1.807) is 26.0 Å². The standard InChI is InChI=1S/C28H32ClN3O3/c1-27(2,35-24-11-7-5-9-21(24)29)26(34)32-17-14-28(19-32)12-15-31(16-13-28)25(33)23-18-20-8-4-6-10-22(20)30(23)3/h4-11,18H,12-17,19H2,1-3H3. The number of ether oxygens (including phenoxy) is 1. The molecule has 2 amide bonds. The summed E-state index contributed by atoms with van der Waals surface area (Å²) < 4.78 is 8.02. The van der Waals surface area contributed by atoms with Crippen LogP contribution in [0.25, 0.3) is 10.9 Å². The van der Waals surface area contributed by atoms with E-state index in [4.69, 9.17) is 16.3 Å². The molecule has 2 fully saturated rings. The quantitative estimate of drug-likeness (QED) is 0.505. The lowest BCUT2D eigenvalue weighted by atomic mass is 9.77. The fraction of sp³-hybridized carbons (Fsp3) is 0.429. The van der Waals surface area contributed by atoms with Crippen molar-refractivity contribution in [3.8, 4) is 5.75 Å². The summed E-state index contributed by atoms with van der Waals surface area (Å²) in [4.78, 5) is 30.6. The zero-order valence-electron chi connectivity index (χ0n) is 20.6. The zero-order chi connectivity index (χ0) is 24.8. The zero-order valence-corrected chi connectivity index (χ0v) is 21.3. The largest absolute Gasteiger partial charge is 0.476 e. The maximum Gasteiger partial charge on any atom is 0.270 e. The Kier molecular flexibility index (Phi) is 6.04. The van der Waals surface area contributed by atoms with Gasteiger partial charge in [-0.2, -0.15) is 0 Å². The Labute approximate surface area is 211 Å². The molecule has 5 rings (SSSR count). The maximum absolute atomic E-state index is 13.4. The third-order valence-electron chi connectivity index (χ3n) is 7.72. The number of likely N-dealkylation sites (tertiary alicyclic amines) is 2. The highest BCUT2D eigenvalue weighted by Crippen LogP contribution is 2.42. The summed E-state index contributed by atoms with van der Waals surface area (Å²) in [6, 6.07) is 17.3. The molecular weight excluding hydrogens is 462 g/mol.